The molecule has 102 valence electrons. The van der Waals surface area contributed by atoms with E-state index in [1.807, 2.05) is 19.2 Å². The minimum atomic E-state index is -3.43. The molecule has 1 atom stereocenters. The number of nitrogens with two attached hydrogens (primary N) is 1. The Balaban J connectivity index is 2.21. The minimum absolute atomic E-state index is 0.00803. The Morgan fingerprint density at radius 1 is 1.56 bits per heavy atom. The molecule has 0 spiro atoms. The number of hydrogen-bond acceptors (Lipinski definition) is 4. The SMILES string of the molecule is Cc1csc(CN)c1S(=O)(=O)NC(C)C1CCC1. The van der Waals surface area contributed by atoms with Gasteiger partial charge in [0.25, 0.3) is 0 Å². The molecule has 0 bridgehead atoms. The number of rotatable bonds is 5. The van der Waals surface area contributed by atoms with Gasteiger partial charge in [0.1, 0.15) is 4.90 Å². The first-order chi connectivity index (χ1) is 8.45. The van der Waals surface area contributed by atoms with Crippen molar-refractivity contribution in [3.8, 4) is 0 Å². The molecule has 18 heavy (non-hydrogen) atoms. The quantitative estimate of drug-likeness (QED) is 0.870. The van der Waals surface area contributed by atoms with Gasteiger partial charge < -0.3 is 5.73 Å². The predicted octanol–water partition coefficient (Wildman–Crippen LogP) is 1.98. The first kappa shape index (κ1) is 14.0. The van der Waals surface area contributed by atoms with E-state index in [0.717, 1.165) is 23.3 Å². The van der Waals surface area contributed by atoms with Gasteiger partial charge in [-0.25, -0.2) is 13.1 Å². The maximum absolute atomic E-state index is 12.4. The molecule has 1 unspecified atom stereocenters. The molecule has 1 aliphatic rings. The molecule has 3 N–H and O–H groups in total. The fraction of sp³-hybridized carbons (Fsp3) is 0.667. The summed E-state index contributed by atoms with van der Waals surface area (Å²) in [4.78, 5) is 1.13. The van der Waals surface area contributed by atoms with Crippen molar-refractivity contribution in [1.29, 1.82) is 0 Å². The molecule has 0 radical (unpaired) electrons. The predicted molar refractivity (Wildman–Crippen MR) is 74.1 cm³/mol. The van der Waals surface area contributed by atoms with Crippen LogP contribution in [0.5, 0.6) is 0 Å². The number of thiophene rings is 1. The summed E-state index contributed by atoms with van der Waals surface area (Å²) in [6.07, 6.45) is 3.45. The second kappa shape index (κ2) is 5.28. The molecule has 1 aromatic rings. The summed E-state index contributed by atoms with van der Waals surface area (Å²) in [7, 11) is -3.43. The highest BCUT2D eigenvalue weighted by atomic mass is 32.2. The van der Waals surface area contributed by atoms with E-state index in [1.54, 1.807) is 0 Å². The second-order valence-corrected chi connectivity index (χ2v) is 7.59. The lowest BCUT2D eigenvalue weighted by atomic mass is 9.81. The summed E-state index contributed by atoms with van der Waals surface area (Å²) >= 11 is 1.41. The average Bonchev–Trinajstić information content (AvgIpc) is 2.56. The maximum Gasteiger partial charge on any atom is 0.242 e. The van der Waals surface area contributed by atoms with E-state index in [9.17, 15) is 8.42 Å². The van der Waals surface area contributed by atoms with Gasteiger partial charge in [0, 0.05) is 17.5 Å². The molecule has 1 aliphatic carbocycles. The van der Waals surface area contributed by atoms with Crippen molar-refractivity contribution < 1.29 is 8.42 Å². The number of nitrogens with one attached hydrogen (secondary N) is 1. The zero-order valence-electron chi connectivity index (χ0n) is 10.8. The molecule has 1 saturated carbocycles. The van der Waals surface area contributed by atoms with Gasteiger partial charge in [0.05, 0.1) is 0 Å². The lowest BCUT2D eigenvalue weighted by molar-refractivity contribution is 0.260. The Bertz CT molecular complexity index is 518. The highest BCUT2D eigenvalue weighted by Gasteiger charge is 2.30. The molecular formula is C12H20N2O2S2. The van der Waals surface area contributed by atoms with Crippen molar-refractivity contribution in [3.05, 3.63) is 15.8 Å². The Kier molecular flexibility index (Phi) is 4.11. The number of hydrogen-bond donors (Lipinski definition) is 2. The van der Waals surface area contributed by atoms with Crippen molar-refractivity contribution in [2.24, 2.45) is 11.7 Å². The van der Waals surface area contributed by atoms with Crippen LogP contribution in [0.4, 0.5) is 0 Å². The molecule has 1 heterocycles. The third-order valence-electron chi connectivity index (χ3n) is 3.64. The van der Waals surface area contributed by atoms with Crippen LogP contribution in [0.3, 0.4) is 0 Å². The van der Waals surface area contributed by atoms with E-state index in [0.29, 0.717) is 10.8 Å². The lowest BCUT2D eigenvalue weighted by Crippen LogP contribution is -2.41. The van der Waals surface area contributed by atoms with Crippen molar-refractivity contribution in [2.75, 3.05) is 0 Å². The summed E-state index contributed by atoms with van der Waals surface area (Å²) in [6, 6.07) is 0.00803. The van der Waals surface area contributed by atoms with E-state index >= 15 is 0 Å². The molecule has 2 rings (SSSR count). The van der Waals surface area contributed by atoms with Crippen LogP contribution >= 0.6 is 11.3 Å². The van der Waals surface area contributed by atoms with Crippen molar-refractivity contribution >= 4 is 21.4 Å². The number of sulfonamides is 1. The van der Waals surface area contributed by atoms with E-state index in [1.165, 1.54) is 17.8 Å². The monoisotopic (exact) mass is 288 g/mol. The molecule has 1 aromatic heterocycles. The lowest BCUT2D eigenvalue weighted by Gasteiger charge is -2.31. The Hall–Kier alpha value is -0.430. The summed E-state index contributed by atoms with van der Waals surface area (Å²) < 4.78 is 27.6. The molecular weight excluding hydrogens is 268 g/mol. The topological polar surface area (TPSA) is 72.2 Å². The summed E-state index contributed by atoms with van der Waals surface area (Å²) in [5.41, 5.74) is 6.39. The second-order valence-electron chi connectivity index (χ2n) is 4.98. The van der Waals surface area contributed by atoms with Crippen LogP contribution in [0.15, 0.2) is 10.3 Å². The summed E-state index contributed by atoms with van der Waals surface area (Å²) in [5, 5.41) is 1.85. The molecule has 0 aliphatic heterocycles. The largest absolute Gasteiger partial charge is 0.326 e. The van der Waals surface area contributed by atoms with Crippen LogP contribution in [0.1, 0.15) is 36.6 Å². The zero-order valence-corrected chi connectivity index (χ0v) is 12.4. The molecule has 0 saturated heterocycles. The summed E-state index contributed by atoms with van der Waals surface area (Å²) in [6.45, 7) is 4.04. The minimum Gasteiger partial charge on any atom is -0.326 e. The first-order valence-electron chi connectivity index (χ1n) is 6.25. The Labute approximate surface area is 113 Å². The van der Waals surface area contributed by atoms with E-state index in [4.69, 9.17) is 5.73 Å². The van der Waals surface area contributed by atoms with E-state index < -0.39 is 10.0 Å². The smallest absolute Gasteiger partial charge is 0.242 e. The summed E-state index contributed by atoms with van der Waals surface area (Å²) in [5.74, 6) is 0.486. The van der Waals surface area contributed by atoms with Gasteiger partial charge in [-0.2, -0.15) is 0 Å². The average molecular weight is 288 g/mol. The Morgan fingerprint density at radius 3 is 2.72 bits per heavy atom. The van der Waals surface area contributed by atoms with Crippen molar-refractivity contribution in [2.45, 2.75) is 50.6 Å². The van der Waals surface area contributed by atoms with Gasteiger partial charge in [-0.05, 0) is 43.6 Å². The molecule has 0 aromatic carbocycles. The highest BCUT2D eigenvalue weighted by molar-refractivity contribution is 7.89. The van der Waals surface area contributed by atoms with Crippen molar-refractivity contribution in [3.63, 3.8) is 0 Å². The van der Waals surface area contributed by atoms with Gasteiger partial charge in [-0.3, -0.25) is 0 Å². The third kappa shape index (κ3) is 2.61. The van der Waals surface area contributed by atoms with Crippen LogP contribution in [0.25, 0.3) is 0 Å². The molecule has 1 fully saturated rings. The normalized spacial score (nSPS) is 18.6. The molecule has 0 amide bonds. The van der Waals surface area contributed by atoms with Gasteiger partial charge in [0.2, 0.25) is 10.0 Å². The first-order valence-corrected chi connectivity index (χ1v) is 8.61. The van der Waals surface area contributed by atoms with Gasteiger partial charge in [-0.1, -0.05) is 6.42 Å². The van der Waals surface area contributed by atoms with Crippen molar-refractivity contribution in [1.82, 2.24) is 4.72 Å². The van der Waals surface area contributed by atoms with Gasteiger partial charge in [0.15, 0.2) is 0 Å². The maximum atomic E-state index is 12.4. The Morgan fingerprint density at radius 2 is 2.22 bits per heavy atom. The van der Waals surface area contributed by atoms with Gasteiger partial charge in [-0.15, -0.1) is 11.3 Å². The van der Waals surface area contributed by atoms with Crippen LogP contribution in [0.2, 0.25) is 0 Å². The van der Waals surface area contributed by atoms with Crippen LogP contribution < -0.4 is 10.5 Å². The van der Waals surface area contributed by atoms with Crippen LogP contribution in [-0.4, -0.2) is 14.5 Å². The fourth-order valence-electron chi connectivity index (χ4n) is 2.33. The van der Waals surface area contributed by atoms with Crippen LogP contribution in [0, 0.1) is 12.8 Å². The number of aryl methyl sites for hydroxylation is 1. The molecule has 4 nitrogen and oxygen atoms in total. The standard InChI is InChI=1S/C12H20N2O2S2/c1-8-7-17-11(6-13)12(8)18(15,16)14-9(2)10-4-3-5-10/h7,9-10,14H,3-6,13H2,1-2H3. The van der Waals surface area contributed by atoms with Gasteiger partial charge >= 0.3 is 0 Å². The van der Waals surface area contributed by atoms with E-state index in [-0.39, 0.29) is 12.6 Å². The fourth-order valence-corrected chi connectivity index (χ4v) is 5.34. The third-order valence-corrected chi connectivity index (χ3v) is 6.69. The van der Waals surface area contributed by atoms with E-state index in [2.05, 4.69) is 4.72 Å². The molecule has 6 heteroatoms. The zero-order chi connectivity index (χ0) is 13.3. The highest BCUT2D eigenvalue weighted by Crippen LogP contribution is 2.31. The van der Waals surface area contributed by atoms with Crippen LogP contribution in [-0.2, 0) is 16.6 Å².